The highest BCUT2D eigenvalue weighted by atomic mass is 16.2. The number of aryl methyl sites for hydroxylation is 3. The predicted molar refractivity (Wildman–Crippen MR) is 96.7 cm³/mol. The van der Waals surface area contributed by atoms with Crippen LogP contribution in [-0.2, 0) is 29.0 Å². The zero-order valence-electron chi connectivity index (χ0n) is 15.1. The fourth-order valence-electron chi connectivity index (χ4n) is 2.58. The van der Waals surface area contributed by atoms with Crippen molar-refractivity contribution in [3.8, 4) is 0 Å². The highest BCUT2D eigenvalue weighted by molar-refractivity contribution is 5.83. The molecule has 1 aromatic heterocycles. The molecule has 1 heterocycles. The van der Waals surface area contributed by atoms with E-state index in [1.807, 2.05) is 32.0 Å². The predicted octanol–water partition coefficient (Wildman–Crippen LogP) is 2.23. The topological polar surface area (TPSA) is 76.0 Å². The summed E-state index contributed by atoms with van der Waals surface area (Å²) in [6.07, 6.45) is 3.63. The van der Waals surface area contributed by atoms with Crippen molar-refractivity contribution in [1.29, 1.82) is 0 Å². The van der Waals surface area contributed by atoms with Gasteiger partial charge in [0.25, 0.3) is 5.91 Å². The van der Waals surface area contributed by atoms with Gasteiger partial charge in [0.15, 0.2) is 0 Å². The number of amides is 2. The summed E-state index contributed by atoms with van der Waals surface area (Å²) in [7, 11) is 0. The maximum atomic E-state index is 11.9. The Morgan fingerprint density at radius 1 is 1.04 bits per heavy atom. The van der Waals surface area contributed by atoms with Crippen molar-refractivity contribution < 1.29 is 9.59 Å². The van der Waals surface area contributed by atoms with Crippen molar-refractivity contribution in [2.75, 3.05) is 0 Å². The monoisotopic (exact) mass is 342 g/mol. The van der Waals surface area contributed by atoms with E-state index in [1.165, 1.54) is 18.4 Å². The van der Waals surface area contributed by atoms with Gasteiger partial charge >= 0.3 is 0 Å². The van der Waals surface area contributed by atoms with E-state index in [1.54, 1.807) is 4.68 Å². The van der Waals surface area contributed by atoms with Gasteiger partial charge in [0.2, 0.25) is 5.91 Å². The van der Waals surface area contributed by atoms with Crippen LogP contribution in [-0.4, -0.2) is 21.6 Å². The number of benzene rings is 1. The Morgan fingerprint density at radius 3 is 2.28 bits per heavy atom. The fraction of sp³-hybridized carbons (Fsp3) is 0.421. The maximum absolute atomic E-state index is 11.9. The molecule has 134 valence electrons. The Labute approximate surface area is 148 Å². The Balaban J connectivity index is 1.76. The minimum Gasteiger partial charge on any atom is -0.273 e. The van der Waals surface area contributed by atoms with Crippen molar-refractivity contribution in [3.63, 3.8) is 0 Å². The molecule has 1 aromatic carbocycles. The lowest BCUT2D eigenvalue weighted by Crippen LogP contribution is -2.44. The fourth-order valence-corrected chi connectivity index (χ4v) is 2.58. The van der Waals surface area contributed by atoms with Gasteiger partial charge in [-0.15, -0.1) is 0 Å². The van der Waals surface area contributed by atoms with E-state index in [-0.39, 0.29) is 24.8 Å². The number of carbonyl (C=O) groups excluding carboxylic acids is 2. The SMILES string of the molecule is CCCCc1ccc(CC(=O)NNC(=O)Cn2nc(C)cc2C)cc1. The van der Waals surface area contributed by atoms with Gasteiger partial charge < -0.3 is 0 Å². The Bertz CT molecular complexity index is 720. The zero-order valence-corrected chi connectivity index (χ0v) is 15.1. The second-order valence-electron chi connectivity index (χ2n) is 6.28. The van der Waals surface area contributed by atoms with E-state index in [4.69, 9.17) is 0 Å². The van der Waals surface area contributed by atoms with Crippen LogP contribution in [0.4, 0.5) is 0 Å². The molecular weight excluding hydrogens is 316 g/mol. The van der Waals surface area contributed by atoms with Crippen LogP contribution < -0.4 is 10.9 Å². The molecule has 0 saturated carbocycles. The number of unbranched alkanes of at least 4 members (excludes halogenated alkanes) is 1. The quantitative estimate of drug-likeness (QED) is 0.758. The van der Waals surface area contributed by atoms with Crippen molar-refractivity contribution in [1.82, 2.24) is 20.6 Å². The minimum atomic E-state index is -0.311. The second kappa shape index (κ2) is 9.01. The standard InChI is InChI=1S/C19H26N4O2/c1-4-5-6-16-7-9-17(10-8-16)12-18(24)20-21-19(25)13-23-15(3)11-14(2)22-23/h7-11H,4-6,12-13H2,1-3H3,(H,20,24)(H,21,25). The van der Waals surface area contributed by atoms with Gasteiger partial charge in [0.05, 0.1) is 12.1 Å². The lowest BCUT2D eigenvalue weighted by molar-refractivity contribution is -0.129. The first-order valence-electron chi connectivity index (χ1n) is 8.64. The van der Waals surface area contributed by atoms with E-state index in [9.17, 15) is 9.59 Å². The number of aromatic nitrogens is 2. The molecule has 2 N–H and O–H groups in total. The Hall–Kier alpha value is -2.63. The normalized spacial score (nSPS) is 10.5. The average molecular weight is 342 g/mol. The highest BCUT2D eigenvalue weighted by Gasteiger charge is 2.09. The third-order valence-corrected chi connectivity index (χ3v) is 3.94. The first-order valence-corrected chi connectivity index (χ1v) is 8.64. The summed E-state index contributed by atoms with van der Waals surface area (Å²) < 4.78 is 1.60. The van der Waals surface area contributed by atoms with Crippen LogP contribution in [0.5, 0.6) is 0 Å². The summed E-state index contributed by atoms with van der Waals surface area (Å²) in [5.41, 5.74) is 8.84. The molecule has 0 fully saturated rings. The molecule has 0 aliphatic rings. The van der Waals surface area contributed by atoms with Gasteiger partial charge in [-0.1, -0.05) is 37.6 Å². The summed E-state index contributed by atoms with van der Waals surface area (Å²) >= 11 is 0. The Morgan fingerprint density at radius 2 is 1.68 bits per heavy atom. The molecule has 0 atom stereocenters. The summed E-state index contributed by atoms with van der Waals surface area (Å²) in [5.74, 6) is -0.558. The molecule has 0 unspecified atom stereocenters. The van der Waals surface area contributed by atoms with Crippen molar-refractivity contribution in [3.05, 3.63) is 52.8 Å². The summed E-state index contributed by atoms with van der Waals surface area (Å²) in [5, 5.41) is 4.22. The molecule has 0 radical (unpaired) electrons. The summed E-state index contributed by atoms with van der Waals surface area (Å²) in [6, 6.07) is 9.93. The Kier molecular flexibility index (Phi) is 6.74. The van der Waals surface area contributed by atoms with E-state index in [2.05, 4.69) is 35.0 Å². The number of rotatable bonds is 7. The first-order chi connectivity index (χ1) is 12.0. The molecule has 2 amide bonds. The highest BCUT2D eigenvalue weighted by Crippen LogP contribution is 2.08. The molecule has 0 spiro atoms. The molecule has 0 aliphatic heterocycles. The number of carbonyl (C=O) groups is 2. The zero-order chi connectivity index (χ0) is 18.2. The first kappa shape index (κ1) is 18.7. The van der Waals surface area contributed by atoms with Crippen LogP contribution >= 0.6 is 0 Å². The van der Waals surface area contributed by atoms with Crippen molar-refractivity contribution >= 4 is 11.8 Å². The van der Waals surface area contributed by atoms with Crippen LogP contribution in [0.15, 0.2) is 30.3 Å². The largest absolute Gasteiger partial charge is 0.273 e. The van der Waals surface area contributed by atoms with E-state index >= 15 is 0 Å². The van der Waals surface area contributed by atoms with Gasteiger partial charge in [0, 0.05) is 5.69 Å². The van der Waals surface area contributed by atoms with E-state index < -0.39 is 0 Å². The number of nitrogens with one attached hydrogen (secondary N) is 2. The molecule has 2 aromatic rings. The van der Waals surface area contributed by atoms with Crippen molar-refractivity contribution in [2.24, 2.45) is 0 Å². The van der Waals surface area contributed by atoms with Gasteiger partial charge in [0.1, 0.15) is 6.54 Å². The molecule has 2 rings (SSSR count). The van der Waals surface area contributed by atoms with Crippen LogP contribution in [0, 0.1) is 13.8 Å². The van der Waals surface area contributed by atoms with Crippen LogP contribution in [0.2, 0.25) is 0 Å². The number of hydrogen-bond acceptors (Lipinski definition) is 3. The molecule has 0 saturated heterocycles. The molecule has 25 heavy (non-hydrogen) atoms. The van der Waals surface area contributed by atoms with E-state index in [0.29, 0.717) is 0 Å². The molecule has 6 heteroatoms. The number of hydrazine groups is 1. The van der Waals surface area contributed by atoms with Gasteiger partial charge in [-0.2, -0.15) is 5.10 Å². The average Bonchev–Trinajstić information content (AvgIpc) is 2.89. The van der Waals surface area contributed by atoms with Crippen LogP contribution in [0.25, 0.3) is 0 Å². The summed E-state index contributed by atoms with van der Waals surface area (Å²) in [4.78, 5) is 23.8. The molecule has 0 aliphatic carbocycles. The van der Waals surface area contributed by atoms with Crippen LogP contribution in [0.3, 0.4) is 0 Å². The number of hydrogen-bond donors (Lipinski definition) is 2. The third kappa shape index (κ3) is 6.06. The van der Waals surface area contributed by atoms with E-state index in [0.717, 1.165) is 23.4 Å². The number of nitrogens with zero attached hydrogens (tertiary/aromatic N) is 2. The van der Waals surface area contributed by atoms with Gasteiger partial charge in [-0.3, -0.25) is 25.1 Å². The molecule has 0 bridgehead atoms. The smallest absolute Gasteiger partial charge is 0.260 e. The van der Waals surface area contributed by atoms with Crippen LogP contribution in [0.1, 0.15) is 42.3 Å². The molecular formula is C19H26N4O2. The van der Waals surface area contributed by atoms with Crippen molar-refractivity contribution in [2.45, 2.75) is 53.0 Å². The minimum absolute atomic E-state index is 0.0755. The summed E-state index contributed by atoms with van der Waals surface area (Å²) in [6.45, 7) is 6.00. The lowest BCUT2D eigenvalue weighted by atomic mass is 10.0. The van der Waals surface area contributed by atoms with Gasteiger partial charge in [-0.05, 0) is 43.9 Å². The second-order valence-corrected chi connectivity index (χ2v) is 6.28. The third-order valence-electron chi connectivity index (χ3n) is 3.94. The maximum Gasteiger partial charge on any atom is 0.260 e. The van der Waals surface area contributed by atoms with Gasteiger partial charge in [-0.25, -0.2) is 0 Å². The molecule has 6 nitrogen and oxygen atoms in total. The lowest BCUT2D eigenvalue weighted by Gasteiger charge is -2.09.